The van der Waals surface area contributed by atoms with E-state index < -0.39 is 0 Å². The maximum absolute atomic E-state index is 5.79. The van der Waals surface area contributed by atoms with Gasteiger partial charge in [-0.3, -0.25) is 0 Å². The van der Waals surface area contributed by atoms with Gasteiger partial charge < -0.3 is 0 Å². The molecule has 1 heterocycles. The SMILES string of the molecule is CCCCCCCCC1(CCCCCCCC)c2cc(/C(C)=C/C=C(\CCC)c3ccc(C(C)C/C=C(\C)C(C)(C)C)c4nc(-c5ccc(C)cc5)c(-c5ccc(C)cc5)nc34)ccc2-c2ccc(C(C)(C)C)cc21. The minimum atomic E-state index is 0.0191. The van der Waals surface area contributed by atoms with E-state index in [1.165, 1.54) is 151 Å². The lowest BCUT2D eigenvalue weighted by Crippen LogP contribution is -2.26. The van der Waals surface area contributed by atoms with Crippen LogP contribution in [0.1, 0.15) is 243 Å². The van der Waals surface area contributed by atoms with E-state index in [0.717, 1.165) is 52.8 Å². The van der Waals surface area contributed by atoms with E-state index in [1.807, 2.05) is 0 Å². The Balaban J connectivity index is 1.37. The van der Waals surface area contributed by atoms with E-state index in [0.29, 0.717) is 0 Å². The maximum atomic E-state index is 5.79. The number of nitrogens with zero attached hydrogens (tertiary/aromatic N) is 2. The second-order valence-corrected chi connectivity index (χ2v) is 25.0. The number of unbranched alkanes of at least 4 members (excludes halogenated alkanes) is 10. The zero-order valence-electron chi connectivity index (χ0n) is 49.5. The summed E-state index contributed by atoms with van der Waals surface area (Å²) in [5.74, 6) is 0.255. The van der Waals surface area contributed by atoms with Gasteiger partial charge in [-0.25, -0.2) is 9.97 Å². The topological polar surface area (TPSA) is 25.8 Å². The van der Waals surface area contributed by atoms with Crippen molar-refractivity contribution < 1.29 is 0 Å². The maximum Gasteiger partial charge on any atom is 0.0973 e. The van der Waals surface area contributed by atoms with Crippen molar-refractivity contribution in [2.45, 2.75) is 223 Å². The van der Waals surface area contributed by atoms with Crippen LogP contribution in [0.2, 0.25) is 0 Å². The molecule has 7 rings (SSSR count). The molecule has 1 atom stereocenters. The summed E-state index contributed by atoms with van der Waals surface area (Å²) >= 11 is 0. The normalized spacial score (nSPS) is 14.4. The highest BCUT2D eigenvalue weighted by molar-refractivity contribution is 5.96. The van der Waals surface area contributed by atoms with Crippen LogP contribution in [0.15, 0.2) is 121 Å². The summed E-state index contributed by atoms with van der Waals surface area (Å²) in [6, 6.07) is 37.5. The summed E-state index contributed by atoms with van der Waals surface area (Å²) < 4.78 is 0. The molecule has 2 nitrogen and oxygen atoms in total. The second-order valence-electron chi connectivity index (χ2n) is 25.0. The average Bonchev–Trinajstić information content (AvgIpc) is 3.65. The Morgan fingerprint density at radius 3 is 1.61 bits per heavy atom. The number of rotatable bonds is 24. The summed E-state index contributed by atoms with van der Waals surface area (Å²) in [6.07, 6.45) is 28.5. The molecule has 0 saturated heterocycles. The van der Waals surface area contributed by atoms with E-state index in [9.17, 15) is 0 Å². The summed E-state index contributed by atoms with van der Waals surface area (Å²) in [6.45, 7) is 32.3. The first-order valence-corrected chi connectivity index (χ1v) is 29.7. The molecule has 0 saturated carbocycles. The number of hydrogen-bond donors (Lipinski definition) is 0. The van der Waals surface area contributed by atoms with E-state index >= 15 is 0 Å². The third kappa shape index (κ3) is 13.8. The van der Waals surface area contributed by atoms with Gasteiger partial charge >= 0.3 is 0 Å². The van der Waals surface area contributed by atoms with Crippen LogP contribution in [0, 0.1) is 19.3 Å². The van der Waals surface area contributed by atoms with E-state index in [4.69, 9.17) is 9.97 Å². The molecule has 1 aromatic heterocycles. The minimum Gasteiger partial charge on any atom is -0.244 e. The van der Waals surface area contributed by atoms with Gasteiger partial charge in [-0.2, -0.15) is 0 Å². The van der Waals surface area contributed by atoms with Crippen molar-refractivity contribution in [3.8, 4) is 33.6 Å². The molecule has 5 aromatic carbocycles. The molecule has 0 aliphatic heterocycles. The van der Waals surface area contributed by atoms with Crippen LogP contribution in [0.25, 0.3) is 55.8 Å². The highest BCUT2D eigenvalue weighted by Gasteiger charge is 2.43. The fourth-order valence-corrected chi connectivity index (χ4v) is 11.6. The van der Waals surface area contributed by atoms with Crippen molar-refractivity contribution in [1.29, 1.82) is 0 Å². The molecule has 75 heavy (non-hydrogen) atoms. The van der Waals surface area contributed by atoms with Gasteiger partial charge in [0.05, 0.1) is 22.4 Å². The predicted molar refractivity (Wildman–Crippen MR) is 330 cm³/mol. The summed E-state index contributed by atoms with van der Waals surface area (Å²) in [5.41, 5.74) is 24.1. The molecule has 1 aliphatic carbocycles. The van der Waals surface area contributed by atoms with Crippen LogP contribution in [-0.2, 0) is 10.8 Å². The molecular weight excluding hydrogens is 905 g/mol. The Bertz CT molecular complexity index is 2920. The lowest BCUT2D eigenvalue weighted by molar-refractivity contribution is 0.397. The monoisotopic (exact) mass is 1000 g/mol. The first kappa shape index (κ1) is 57.4. The Kier molecular flexibility index (Phi) is 19.6. The number of aryl methyl sites for hydroxylation is 2. The lowest BCUT2D eigenvalue weighted by atomic mass is 9.69. The predicted octanol–water partition coefficient (Wildman–Crippen LogP) is 22.4. The summed E-state index contributed by atoms with van der Waals surface area (Å²) in [5, 5.41) is 0. The molecule has 0 bridgehead atoms. The highest BCUT2D eigenvalue weighted by Crippen LogP contribution is 2.55. The van der Waals surface area contributed by atoms with Gasteiger partial charge in [-0.1, -0.05) is 279 Å². The molecule has 0 N–H and O–H groups in total. The number of benzene rings is 5. The van der Waals surface area contributed by atoms with Gasteiger partial charge in [0, 0.05) is 22.1 Å². The molecular formula is C73H96N2. The average molecular weight is 1000 g/mol. The smallest absolute Gasteiger partial charge is 0.0973 e. The summed E-state index contributed by atoms with van der Waals surface area (Å²) in [4.78, 5) is 11.5. The minimum absolute atomic E-state index is 0.0191. The van der Waals surface area contributed by atoms with Crippen molar-refractivity contribution in [1.82, 2.24) is 9.97 Å². The van der Waals surface area contributed by atoms with E-state index in [1.54, 1.807) is 11.1 Å². The molecule has 398 valence electrons. The fraction of sp³-hybridized carbons (Fsp3) is 0.479. The molecule has 1 aliphatic rings. The number of allylic oxidation sites excluding steroid dienone is 6. The van der Waals surface area contributed by atoms with Crippen molar-refractivity contribution in [2.75, 3.05) is 0 Å². The van der Waals surface area contributed by atoms with Gasteiger partial charge in [0.25, 0.3) is 0 Å². The van der Waals surface area contributed by atoms with Crippen LogP contribution in [0.4, 0.5) is 0 Å². The van der Waals surface area contributed by atoms with Crippen LogP contribution in [-0.4, -0.2) is 9.97 Å². The Hall–Kier alpha value is -5.34. The van der Waals surface area contributed by atoms with Crippen LogP contribution >= 0.6 is 0 Å². The van der Waals surface area contributed by atoms with Gasteiger partial charge in [-0.15, -0.1) is 0 Å². The van der Waals surface area contributed by atoms with Crippen molar-refractivity contribution in [3.63, 3.8) is 0 Å². The molecule has 6 aromatic rings. The van der Waals surface area contributed by atoms with Crippen molar-refractivity contribution in [2.24, 2.45) is 5.41 Å². The van der Waals surface area contributed by atoms with Gasteiger partial charge in [0.1, 0.15) is 0 Å². The van der Waals surface area contributed by atoms with Gasteiger partial charge in [0.2, 0.25) is 0 Å². The molecule has 0 radical (unpaired) electrons. The zero-order valence-corrected chi connectivity index (χ0v) is 49.5. The standard InChI is InChI=1S/C73H96N2/c1-15-18-20-22-24-26-47-73(48-27-25-23-21-19-16-2)65-49-59(41-43-63(65)64-44-42-60(50-66(64)73)72(12,13)14)53(6)34-40-56(28-17-3)62-46-45-61(54(7)33-35-55(8)71(9,10)11)69-70(62)75-68(58-38-31-52(5)32-39-58)67(74-69)57-36-29-51(4)30-37-57/h29-32,34-46,49-50,54H,15-28,33,47-48H2,1-14H3/b53-34+,55-35+,56-40+. The number of aromatic nitrogens is 2. The first-order chi connectivity index (χ1) is 35.9. The van der Waals surface area contributed by atoms with Crippen LogP contribution < -0.4 is 0 Å². The Morgan fingerprint density at radius 2 is 1.08 bits per heavy atom. The number of hydrogen-bond acceptors (Lipinski definition) is 2. The molecule has 2 heteroatoms. The highest BCUT2D eigenvalue weighted by atomic mass is 14.8. The third-order valence-electron chi connectivity index (χ3n) is 17.0. The van der Waals surface area contributed by atoms with Crippen molar-refractivity contribution >= 4 is 22.2 Å². The quantitative estimate of drug-likeness (QED) is 0.0343. The fourth-order valence-electron chi connectivity index (χ4n) is 11.6. The molecule has 1 unspecified atom stereocenters. The van der Waals surface area contributed by atoms with E-state index in [2.05, 4.69) is 212 Å². The zero-order chi connectivity index (χ0) is 53.9. The van der Waals surface area contributed by atoms with Gasteiger partial charge in [0.15, 0.2) is 0 Å². The van der Waals surface area contributed by atoms with Gasteiger partial charge in [-0.05, 0) is 126 Å². The Labute approximate surface area is 457 Å². The van der Waals surface area contributed by atoms with Crippen LogP contribution in [0.3, 0.4) is 0 Å². The van der Waals surface area contributed by atoms with E-state index in [-0.39, 0.29) is 22.2 Å². The second kappa shape index (κ2) is 25.7. The number of fused-ring (bicyclic) bond motifs is 4. The molecule has 0 fully saturated rings. The van der Waals surface area contributed by atoms with Crippen LogP contribution in [0.5, 0.6) is 0 Å². The van der Waals surface area contributed by atoms with Crippen molar-refractivity contribution in [3.05, 3.63) is 165 Å². The Morgan fingerprint density at radius 1 is 0.560 bits per heavy atom. The lowest BCUT2D eigenvalue weighted by Gasteiger charge is -2.34. The largest absolute Gasteiger partial charge is 0.244 e. The summed E-state index contributed by atoms with van der Waals surface area (Å²) in [7, 11) is 0. The first-order valence-electron chi connectivity index (χ1n) is 29.7. The third-order valence-corrected chi connectivity index (χ3v) is 17.0. The molecule has 0 spiro atoms. The molecule has 0 amide bonds.